The smallest absolute Gasteiger partial charge is 0.333 e. The van der Waals surface area contributed by atoms with Crippen molar-refractivity contribution in [3.63, 3.8) is 0 Å². The molecule has 0 unspecified atom stereocenters. The van der Waals surface area contributed by atoms with Gasteiger partial charge in [-0.1, -0.05) is 62.2 Å². The molecule has 1 fully saturated rings. The van der Waals surface area contributed by atoms with Crippen molar-refractivity contribution in [1.82, 2.24) is 0 Å². The molecule has 30 heavy (non-hydrogen) atoms. The van der Waals surface area contributed by atoms with E-state index in [1.54, 1.807) is 6.92 Å². The SMILES string of the molecule is C=C(C)C(=O)OCCOc1cc(CCO)ccc1-c1ccc(C2CCCCC2)cc1. The first-order valence-corrected chi connectivity index (χ1v) is 10.9. The summed E-state index contributed by atoms with van der Waals surface area (Å²) in [4.78, 5) is 11.5. The van der Waals surface area contributed by atoms with Gasteiger partial charge in [-0.2, -0.15) is 0 Å². The first-order valence-electron chi connectivity index (χ1n) is 10.9. The summed E-state index contributed by atoms with van der Waals surface area (Å²) in [6.07, 6.45) is 7.15. The molecule has 2 aromatic carbocycles. The first-order chi connectivity index (χ1) is 14.6. The van der Waals surface area contributed by atoms with Crippen LogP contribution in [0, 0.1) is 0 Å². The highest BCUT2D eigenvalue weighted by atomic mass is 16.6. The van der Waals surface area contributed by atoms with E-state index < -0.39 is 5.97 Å². The van der Waals surface area contributed by atoms with Crippen molar-refractivity contribution in [3.8, 4) is 16.9 Å². The molecule has 4 nitrogen and oxygen atoms in total. The van der Waals surface area contributed by atoms with Crippen LogP contribution in [0.15, 0.2) is 54.6 Å². The van der Waals surface area contributed by atoms with Crippen LogP contribution in [0.2, 0.25) is 0 Å². The largest absolute Gasteiger partial charge is 0.489 e. The summed E-state index contributed by atoms with van der Waals surface area (Å²) in [5.41, 5.74) is 4.90. The Balaban J connectivity index is 1.73. The predicted molar refractivity (Wildman–Crippen MR) is 120 cm³/mol. The number of carbonyl (C=O) groups excluding carboxylic acids is 1. The molecule has 0 saturated heterocycles. The Labute approximate surface area is 179 Å². The second kappa shape index (κ2) is 11.0. The van der Waals surface area contributed by atoms with Crippen molar-refractivity contribution >= 4 is 5.97 Å². The van der Waals surface area contributed by atoms with Gasteiger partial charge in [0, 0.05) is 17.7 Å². The van der Waals surface area contributed by atoms with Crippen molar-refractivity contribution in [1.29, 1.82) is 0 Å². The fourth-order valence-corrected chi connectivity index (χ4v) is 3.99. The fourth-order valence-electron chi connectivity index (χ4n) is 3.99. The van der Waals surface area contributed by atoms with Gasteiger partial charge in [-0.25, -0.2) is 4.79 Å². The Kier molecular flexibility index (Phi) is 8.09. The number of hydrogen-bond donors (Lipinski definition) is 1. The molecule has 4 heteroatoms. The molecule has 1 N–H and O–H groups in total. The molecule has 1 aliphatic carbocycles. The van der Waals surface area contributed by atoms with E-state index in [0.29, 0.717) is 17.9 Å². The van der Waals surface area contributed by atoms with E-state index in [-0.39, 0.29) is 19.8 Å². The zero-order valence-electron chi connectivity index (χ0n) is 17.9. The van der Waals surface area contributed by atoms with Gasteiger partial charge in [0.15, 0.2) is 0 Å². The van der Waals surface area contributed by atoms with Crippen molar-refractivity contribution in [3.05, 3.63) is 65.7 Å². The molecule has 1 saturated carbocycles. The fraction of sp³-hybridized carbons (Fsp3) is 0.423. The van der Waals surface area contributed by atoms with E-state index >= 15 is 0 Å². The summed E-state index contributed by atoms with van der Waals surface area (Å²) in [7, 11) is 0. The zero-order valence-corrected chi connectivity index (χ0v) is 17.9. The van der Waals surface area contributed by atoms with E-state index in [9.17, 15) is 9.90 Å². The van der Waals surface area contributed by atoms with Gasteiger partial charge in [-0.3, -0.25) is 0 Å². The van der Waals surface area contributed by atoms with E-state index in [1.807, 2.05) is 18.2 Å². The van der Waals surface area contributed by atoms with Gasteiger partial charge in [0.05, 0.1) is 0 Å². The lowest BCUT2D eigenvalue weighted by atomic mass is 9.83. The molecular weight excluding hydrogens is 376 g/mol. The van der Waals surface area contributed by atoms with Gasteiger partial charge in [-0.15, -0.1) is 0 Å². The third-order valence-electron chi connectivity index (χ3n) is 5.67. The summed E-state index contributed by atoms with van der Waals surface area (Å²) < 4.78 is 11.1. The third-order valence-corrected chi connectivity index (χ3v) is 5.67. The molecule has 0 radical (unpaired) electrons. The van der Waals surface area contributed by atoms with Crippen molar-refractivity contribution in [2.75, 3.05) is 19.8 Å². The highest BCUT2D eigenvalue weighted by Gasteiger charge is 2.16. The summed E-state index contributed by atoms with van der Waals surface area (Å²) in [6.45, 7) is 5.71. The maximum Gasteiger partial charge on any atom is 0.333 e. The normalized spacial score (nSPS) is 14.3. The highest BCUT2D eigenvalue weighted by molar-refractivity contribution is 5.86. The maximum atomic E-state index is 11.5. The van der Waals surface area contributed by atoms with Crippen LogP contribution >= 0.6 is 0 Å². The van der Waals surface area contributed by atoms with E-state index in [4.69, 9.17) is 9.47 Å². The zero-order chi connectivity index (χ0) is 21.3. The second-order valence-corrected chi connectivity index (χ2v) is 8.03. The van der Waals surface area contributed by atoms with Gasteiger partial charge < -0.3 is 14.6 Å². The van der Waals surface area contributed by atoms with Gasteiger partial charge in [-0.05, 0) is 54.9 Å². The number of hydrogen-bond acceptors (Lipinski definition) is 4. The van der Waals surface area contributed by atoms with Gasteiger partial charge in [0.1, 0.15) is 19.0 Å². The molecule has 0 spiro atoms. The molecular formula is C26H32O4. The Morgan fingerprint density at radius 2 is 1.80 bits per heavy atom. The van der Waals surface area contributed by atoms with Gasteiger partial charge in [0.25, 0.3) is 0 Å². The van der Waals surface area contributed by atoms with Crippen LogP contribution in [-0.4, -0.2) is 30.9 Å². The Morgan fingerprint density at radius 1 is 1.07 bits per heavy atom. The minimum Gasteiger partial charge on any atom is -0.489 e. The molecule has 1 aliphatic rings. The molecule has 2 aromatic rings. The van der Waals surface area contributed by atoms with Crippen LogP contribution in [0.1, 0.15) is 56.1 Å². The van der Waals surface area contributed by atoms with E-state index in [0.717, 1.165) is 22.4 Å². The molecule has 0 heterocycles. The van der Waals surface area contributed by atoms with E-state index in [1.165, 1.54) is 37.7 Å². The molecule has 0 bridgehead atoms. The number of benzene rings is 2. The average Bonchev–Trinajstić information content (AvgIpc) is 2.77. The Bertz CT molecular complexity index is 848. The number of carbonyl (C=O) groups is 1. The third kappa shape index (κ3) is 5.96. The number of rotatable bonds is 9. The van der Waals surface area contributed by atoms with Gasteiger partial charge in [0.2, 0.25) is 0 Å². The van der Waals surface area contributed by atoms with Crippen LogP contribution in [-0.2, 0) is 16.0 Å². The summed E-state index contributed by atoms with van der Waals surface area (Å²) in [5, 5.41) is 9.27. The molecule has 0 aromatic heterocycles. The van der Waals surface area contributed by atoms with Gasteiger partial charge >= 0.3 is 5.97 Å². The highest BCUT2D eigenvalue weighted by Crippen LogP contribution is 2.35. The summed E-state index contributed by atoms with van der Waals surface area (Å²) in [6, 6.07) is 14.8. The molecule has 0 aliphatic heterocycles. The minimum absolute atomic E-state index is 0.0884. The summed E-state index contributed by atoms with van der Waals surface area (Å²) >= 11 is 0. The van der Waals surface area contributed by atoms with Crippen LogP contribution in [0.5, 0.6) is 5.75 Å². The topological polar surface area (TPSA) is 55.8 Å². The lowest BCUT2D eigenvalue weighted by Crippen LogP contribution is -2.12. The van der Waals surface area contributed by atoms with Crippen LogP contribution in [0.25, 0.3) is 11.1 Å². The Hall–Kier alpha value is -2.59. The lowest BCUT2D eigenvalue weighted by molar-refractivity contribution is -0.139. The lowest BCUT2D eigenvalue weighted by Gasteiger charge is -2.22. The number of esters is 1. The molecule has 0 atom stereocenters. The van der Waals surface area contributed by atoms with Crippen LogP contribution < -0.4 is 4.74 Å². The van der Waals surface area contributed by atoms with Crippen molar-refractivity contribution in [2.24, 2.45) is 0 Å². The number of ether oxygens (including phenoxy) is 2. The molecule has 3 rings (SSSR count). The summed E-state index contributed by atoms with van der Waals surface area (Å²) in [5.74, 6) is 1.00. The van der Waals surface area contributed by atoms with E-state index in [2.05, 4.69) is 30.8 Å². The first kappa shape index (κ1) is 22.1. The minimum atomic E-state index is -0.411. The quantitative estimate of drug-likeness (QED) is 0.341. The number of aliphatic hydroxyl groups excluding tert-OH is 1. The predicted octanol–water partition coefficient (Wildman–Crippen LogP) is 5.43. The monoisotopic (exact) mass is 408 g/mol. The maximum absolute atomic E-state index is 11.5. The van der Waals surface area contributed by atoms with Crippen LogP contribution in [0.3, 0.4) is 0 Å². The number of aliphatic hydroxyl groups is 1. The van der Waals surface area contributed by atoms with Crippen LogP contribution in [0.4, 0.5) is 0 Å². The molecule has 160 valence electrons. The standard InChI is InChI=1S/C26H32O4/c1-19(2)26(28)30-17-16-29-25-18-20(14-15-27)8-13-24(25)23-11-9-22(10-12-23)21-6-4-3-5-7-21/h8-13,18,21,27H,1,3-7,14-17H2,2H3. The molecule has 0 amide bonds. The van der Waals surface area contributed by atoms with Crippen molar-refractivity contribution in [2.45, 2.75) is 51.4 Å². The average molecular weight is 409 g/mol. The second-order valence-electron chi connectivity index (χ2n) is 8.03. The Morgan fingerprint density at radius 3 is 2.47 bits per heavy atom. The van der Waals surface area contributed by atoms with Crippen molar-refractivity contribution < 1.29 is 19.4 Å².